The minimum atomic E-state index is -0.344. The van der Waals surface area contributed by atoms with Gasteiger partial charge in [0.2, 0.25) is 0 Å². The van der Waals surface area contributed by atoms with E-state index in [0.29, 0.717) is 31.2 Å². The van der Waals surface area contributed by atoms with Crippen LogP contribution in [0, 0.1) is 5.82 Å². The van der Waals surface area contributed by atoms with E-state index >= 15 is 0 Å². The van der Waals surface area contributed by atoms with Gasteiger partial charge in [-0.05, 0) is 37.1 Å². The molecule has 4 aromatic rings. The van der Waals surface area contributed by atoms with E-state index in [1.54, 1.807) is 50.2 Å². The molecule has 1 saturated heterocycles. The van der Waals surface area contributed by atoms with E-state index < -0.39 is 0 Å². The number of benzene rings is 2. The van der Waals surface area contributed by atoms with E-state index in [0.717, 1.165) is 26.6 Å². The second kappa shape index (κ2) is 7.12. The number of amides is 2. The number of para-hydroxylation sites is 1. The van der Waals surface area contributed by atoms with Crippen LogP contribution in [0.25, 0.3) is 16.6 Å². The molecule has 31 heavy (non-hydrogen) atoms. The summed E-state index contributed by atoms with van der Waals surface area (Å²) in [5, 5.41) is 15.7. The molecule has 156 valence electrons. The van der Waals surface area contributed by atoms with Crippen LogP contribution < -0.4 is 4.90 Å². The highest BCUT2D eigenvalue weighted by molar-refractivity contribution is 7.11. The summed E-state index contributed by atoms with van der Waals surface area (Å²) in [6.45, 7) is 1.68. The molecule has 1 aliphatic carbocycles. The maximum Gasteiger partial charge on any atom is 0.325 e. The van der Waals surface area contributed by atoms with Gasteiger partial charge in [-0.15, -0.1) is 10.2 Å². The normalized spacial score (nSPS) is 16.6. The van der Waals surface area contributed by atoms with E-state index in [1.807, 2.05) is 18.2 Å². The average molecular weight is 435 g/mol. The van der Waals surface area contributed by atoms with Gasteiger partial charge in [0.15, 0.2) is 0 Å². The van der Waals surface area contributed by atoms with Crippen molar-refractivity contribution < 1.29 is 9.18 Å². The highest BCUT2D eigenvalue weighted by atomic mass is 32.1. The lowest BCUT2D eigenvalue weighted by molar-refractivity contribution is 0.218. The van der Waals surface area contributed by atoms with Crippen molar-refractivity contribution >= 4 is 34.0 Å². The maximum absolute atomic E-state index is 14.3. The molecule has 0 N–H and O–H groups in total. The van der Waals surface area contributed by atoms with Crippen molar-refractivity contribution in [2.45, 2.75) is 25.3 Å². The zero-order chi connectivity index (χ0) is 20.9. The Hall–Kier alpha value is -3.33. The summed E-state index contributed by atoms with van der Waals surface area (Å²) in [4.78, 5) is 16.7. The summed E-state index contributed by atoms with van der Waals surface area (Å²) in [6, 6.07) is 12.1. The van der Waals surface area contributed by atoms with E-state index in [-0.39, 0.29) is 11.8 Å². The summed E-state index contributed by atoms with van der Waals surface area (Å²) in [7, 11) is 0. The summed E-state index contributed by atoms with van der Waals surface area (Å²) >= 11 is 1.61. The van der Waals surface area contributed by atoms with Crippen molar-refractivity contribution in [1.82, 2.24) is 24.9 Å². The molecule has 2 aliphatic rings. The number of hydrogen-bond donors (Lipinski definition) is 0. The summed E-state index contributed by atoms with van der Waals surface area (Å²) in [5.41, 5.74) is 1.92. The monoisotopic (exact) mass is 434 g/mol. The Morgan fingerprint density at radius 2 is 1.87 bits per heavy atom. The van der Waals surface area contributed by atoms with Gasteiger partial charge in [0.25, 0.3) is 0 Å². The zero-order valence-electron chi connectivity index (χ0n) is 16.6. The average Bonchev–Trinajstić information content (AvgIpc) is 3.21. The molecule has 1 aliphatic heterocycles. The number of rotatable bonds is 5. The van der Waals surface area contributed by atoms with Gasteiger partial charge >= 0.3 is 6.03 Å². The topological polar surface area (TPSA) is 67.2 Å². The fourth-order valence-electron chi connectivity index (χ4n) is 4.03. The van der Waals surface area contributed by atoms with Crippen molar-refractivity contribution in [3.63, 3.8) is 0 Å². The summed E-state index contributed by atoms with van der Waals surface area (Å²) in [5.74, 6) is 0.226. The van der Waals surface area contributed by atoms with Gasteiger partial charge in [-0.1, -0.05) is 29.5 Å². The van der Waals surface area contributed by atoms with Crippen LogP contribution in [0.1, 0.15) is 28.8 Å². The SMILES string of the molecule is O=C1N(Cc2nnc(C3CC3)s2)CCN1c1cccc2c1cnn2-c1ccccc1F. The first-order valence-electron chi connectivity index (χ1n) is 10.3. The molecule has 2 aromatic heterocycles. The lowest BCUT2D eigenvalue weighted by atomic mass is 10.2. The predicted octanol–water partition coefficient (Wildman–Crippen LogP) is 4.34. The van der Waals surface area contributed by atoms with Crippen molar-refractivity contribution in [2.75, 3.05) is 18.0 Å². The number of urea groups is 1. The molecule has 2 aromatic carbocycles. The van der Waals surface area contributed by atoms with E-state index in [1.165, 1.54) is 18.9 Å². The molecule has 0 atom stereocenters. The van der Waals surface area contributed by atoms with Crippen LogP contribution in [-0.2, 0) is 6.54 Å². The molecule has 1 saturated carbocycles. The fourth-order valence-corrected chi connectivity index (χ4v) is 5.06. The van der Waals surface area contributed by atoms with Gasteiger partial charge in [0.1, 0.15) is 21.5 Å². The predicted molar refractivity (Wildman–Crippen MR) is 116 cm³/mol. The highest BCUT2D eigenvalue weighted by Crippen LogP contribution is 2.41. The molecule has 0 bridgehead atoms. The van der Waals surface area contributed by atoms with Crippen molar-refractivity contribution in [1.29, 1.82) is 0 Å². The molecule has 0 unspecified atom stereocenters. The Balaban J connectivity index is 1.29. The lowest BCUT2D eigenvalue weighted by Crippen LogP contribution is -2.31. The molecule has 0 spiro atoms. The summed E-state index contributed by atoms with van der Waals surface area (Å²) in [6.07, 6.45) is 4.07. The molecule has 0 radical (unpaired) electrons. The number of halogens is 1. The third kappa shape index (κ3) is 3.16. The Bertz CT molecular complexity index is 1300. The Labute approximate surface area is 181 Å². The second-order valence-corrected chi connectivity index (χ2v) is 8.98. The third-order valence-electron chi connectivity index (χ3n) is 5.79. The number of nitrogens with zero attached hydrogens (tertiary/aromatic N) is 6. The summed E-state index contributed by atoms with van der Waals surface area (Å²) < 4.78 is 15.9. The first kappa shape index (κ1) is 18.4. The lowest BCUT2D eigenvalue weighted by Gasteiger charge is -2.18. The van der Waals surface area contributed by atoms with Crippen molar-refractivity contribution in [3.05, 3.63) is 64.5 Å². The molecule has 2 amide bonds. The smallest absolute Gasteiger partial charge is 0.316 e. The molecule has 6 rings (SSSR count). The van der Waals surface area contributed by atoms with Crippen molar-refractivity contribution in [3.8, 4) is 5.69 Å². The van der Waals surface area contributed by atoms with Gasteiger partial charge in [-0.2, -0.15) is 5.10 Å². The van der Waals surface area contributed by atoms with Crippen LogP contribution in [0.3, 0.4) is 0 Å². The van der Waals surface area contributed by atoms with Crippen LogP contribution in [0.15, 0.2) is 48.7 Å². The second-order valence-electron chi connectivity index (χ2n) is 7.88. The third-order valence-corrected chi connectivity index (χ3v) is 6.86. The Morgan fingerprint density at radius 1 is 1.03 bits per heavy atom. The van der Waals surface area contributed by atoms with Crippen LogP contribution in [-0.4, -0.2) is 44.0 Å². The van der Waals surface area contributed by atoms with Crippen LogP contribution >= 0.6 is 11.3 Å². The first-order chi connectivity index (χ1) is 15.2. The number of fused-ring (bicyclic) bond motifs is 1. The van der Waals surface area contributed by atoms with E-state index in [4.69, 9.17) is 0 Å². The van der Waals surface area contributed by atoms with E-state index in [9.17, 15) is 9.18 Å². The molecule has 9 heteroatoms. The zero-order valence-corrected chi connectivity index (χ0v) is 17.4. The molecular formula is C22H19FN6OS. The van der Waals surface area contributed by atoms with Crippen LogP contribution in [0.4, 0.5) is 14.9 Å². The minimum absolute atomic E-state index is 0.0608. The van der Waals surface area contributed by atoms with Gasteiger partial charge in [-0.3, -0.25) is 4.90 Å². The fraction of sp³-hybridized carbons (Fsp3) is 0.273. The molecule has 2 fully saturated rings. The number of anilines is 1. The number of carbonyl (C=O) groups excluding carboxylic acids is 1. The number of hydrogen-bond acceptors (Lipinski definition) is 5. The van der Waals surface area contributed by atoms with Gasteiger partial charge in [-0.25, -0.2) is 13.9 Å². The molecule has 7 nitrogen and oxygen atoms in total. The highest BCUT2D eigenvalue weighted by Gasteiger charge is 2.33. The van der Waals surface area contributed by atoms with Gasteiger partial charge in [0, 0.05) is 24.4 Å². The minimum Gasteiger partial charge on any atom is -0.316 e. The van der Waals surface area contributed by atoms with Crippen LogP contribution in [0.5, 0.6) is 0 Å². The van der Waals surface area contributed by atoms with E-state index in [2.05, 4.69) is 15.3 Å². The number of carbonyl (C=O) groups is 1. The van der Waals surface area contributed by atoms with Gasteiger partial charge < -0.3 is 4.90 Å². The molecule has 3 heterocycles. The van der Waals surface area contributed by atoms with Crippen LogP contribution in [0.2, 0.25) is 0 Å². The van der Waals surface area contributed by atoms with Gasteiger partial charge in [0.05, 0.1) is 23.9 Å². The number of aromatic nitrogens is 4. The quantitative estimate of drug-likeness (QED) is 0.469. The Morgan fingerprint density at radius 3 is 2.71 bits per heavy atom. The Kier molecular flexibility index (Phi) is 4.24. The van der Waals surface area contributed by atoms with Crippen molar-refractivity contribution in [2.24, 2.45) is 0 Å². The first-order valence-corrected chi connectivity index (χ1v) is 11.1. The largest absolute Gasteiger partial charge is 0.325 e. The maximum atomic E-state index is 14.3. The standard InChI is InChI=1S/C22H19FN6OS/c23-16-4-1-2-5-19(16)29-18-7-3-6-17(15(18)12-24-29)28-11-10-27(22(28)30)13-20-25-26-21(31-20)14-8-9-14/h1-7,12,14H,8-11,13H2. The molecular weight excluding hydrogens is 415 g/mol.